The molecule has 2 aliphatic rings. The van der Waals surface area contributed by atoms with Crippen LogP contribution in [0.15, 0.2) is 0 Å². The number of morpholine rings is 1. The normalized spacial score (nSPS) is 32.7. The summed E-state index contributed by atoms with van der Waals surface area (Å²) in [5.41, 5.74) is 0.449. The fourth-order valence-corrected chi connectivity index (χ4v) is 3.48. The predicted octanol–water partition coefficient (Wildman–Crippen LogP) is 2.65. The summed E-state index contributed by atoms with van der Waals surface area (Å²) in [7, 11) is 0. The van der Waals surface area contributed by atoms with Gasteiger partial charge in [0.15, 0.2) is 0 Å². The molecule has 3 heteroatoms. The van der Waals surface area contributed by atoms with E-state index in [1.807, 2.05) is 0 Å². The van der Waals surface area contributed by atoms with Crippen molar-refractivity contribution in [1.82, 2.24) is 10.2 Å². The molecule has 1 aliphatic carbocycles. The van der Waals surface area contributed by atoms with Gasteiger partial charge in [0.25, 0.3) is 0 Å². The smallest absolute Gasteiger partial charge is 0.0826 e. The molecule has 1 heterocycles. The molecular weight excluding hydrogens is 236 g/mol. The van der Waals surface area contributed by atoms with Gasteiger partial charge in [-0.3, -0.25) is 4.90 Å². The molecule has 0 bridgehead atoms. The van der Waals surface area contributed by atoms with Crippen molar-refractivity contribution >= 4 is 0 Å². The third kappa shape index (κ3) is 4.17. The topological polar surface area (TPSA) is 24.5 Å². The SMILES string of the molecule is CC(C)N1CCOC(CNC2CCCCC2(C)C)C1. The van der Waals surface area contributed by atoms with Crippen LogP contribution >= 0.6 is 0 Å². The van der Waals surface area contributed by atoms with Gasteiger partial charge < -0.3 is 10.1 Å². The van der Waals surface area contributed by atoms with E-state index in [9.17, 15) is 0 Å². The molecule has 0 aromatic rings. The molecule has 1 N–H and O–H groups in total. The highest BCUT2D eigenvalue weighted by Crippen LogP contribution is 2.35. The van der Waals surface area contributed by atoms with Crippen molar-refractivity contribution in [2.45, 2.75) is 71.6 Å². The van der Waals surface area contributed by atoms with Crippen molar-refractivity contribution in [2.24, 2.45) is 5.41 Å². The van der Waals surface area contributed by atoms with Crippen molar-refractivity contribution in [2.75, 3.05) is 26.2 Å². The highest BCUT2D eigenvalue weighted by atomic mass is 16.5. The van der Waals surface area contributed by atoms with Crippen molar-refractivity contribution in [3.63, 3.8) is 0 Å². The van der Waals surface area contributed by atoms with E-state index in [0.717, 1.165) is 26.2 Å². The molecule has 2 atom stereocenters. The van der Waals surface area contributed by atoms with E-state index in [0.29, 0.717) is 23.6 Å². The van der Waals surface area contributed by atoms with E-state index in [2.05, 4.69) is 37.9 Å². The second kappa shape index (κ2) is 6.55. The lowest BCUT2D eigenvalue weighted by molar-refractivity contribution is -0.0404. The van der Waals surface area contributed by atoms with Gasteiger partial charge in [-0.2, -0.15) is 0 Å². The van der Waals surface area contributed by atoms with E-state index >= 15 is 0 Å². The summed E-state index contributed by atoms with van der Waals surface area (Å²) in [4.78, 5) is 2.53. The number of nitrogens with one attached hydrogen (secondary N) is 1. The molecule has 0 aromatic carbocycles. The summed E-state index contributed by atoms with van der Waals surface area (Å²) in [6.45, 7) is 13.4. The minimum Gasteiger partial charge on any atom is -0.374 e. The van der Waals surface area contributed by atoms with Gasteiger partial charge in [-0.15, -0.1) is 0 Å². The molecule has 1 aliphatic heterocycles. The molecule has 2 rings (SSSR count). The predicted molar refractivity (Wildman–Crippen MR) is 80.5 cm³/mol. The molecule has 0 aromatic heterocycles. The van der Waals surface area contributed by atoms with Gasteiger partial charge in [0.2, 0.25) is 0 Å². The molecule has 0 spiro atoms. The first-order valence-electron chi connectivity index (χ1n) is 8.08. The molecule has 1 saturated heterocycles. The zero-order valence-corrected chi connectivity index (χ0v) is 13.2. The Morgan fingerprint density at radius 1 is 1.32 bits per heavy atom. The van der Waals surface area contributed by atoms with Gasteiger partial charge in [-0.1, -0.05) is 26.7 Å². The van der Waals surface area contributed by atoms with Crippen LogP contribution in [-0.4, -0.2) is 49.3 Å². The second-order valence-electron chi connectivity index (χ2n) is 7.28. The summed E-state index contributed by atoms with van der Waals surface area (Å²) >= 11 is 0. The van der Waals surface area contributed by atoms with Gasteiger partial charge in [0.1, 0.15) is 0 Å². The molecule has 0 radical (unpaired) electrons. The lowest BCUT2D eigenvalue weighted by Gasteiger charge is -2.41. The van der Waals surface area contributed by atoms with E-state index < -0.39 is 0 Å². The summed E-state index contributed by atoms with van der Waals surface area (Å²) in [6, 6.07) is 1.30. The van der Waals surface area contributed by atoms with Crippen LogP contribution in [0.5, 0.6) is 0 Å². The van der Waals surface area contributed by atoms with Gasteiger partial charge in [0, 0.05) is 31.7 Å². The van der Waals surface area contributed by atoms with Crippen LogP contribution < -0.4 is 5.32 Å². The van der Waals surface area contributed by atoms with E-state index in [1.54, 1.807) is 0 Å². The van der Waals surface area contributed by atoms with Crippen LogP contribution in [0.1, 0.15) is 53.4 Å². The van der Waals surface area contributed by atoms with Gasteiger partial charge in [-0.05, 0) is 32.1 Å². The molecule has 3 nitrogen and oxygen atoms in total. The summed E-state index contributed by atoms with van der Waals surface area (Å²) in [6.07, 6.45) is 5.83. The first-order valence-corrected chi connectivity index (χ1v) is 8.08. The Morgan fingerprint density at radius 2 is 2.11 bits per heavy atom. The molecule has 2 fully saturated rings. The molecule has 112 valence electrons. The maximum atomic E-state index is 5.91. The number of hydrogen-bond donors (Lipinski definition) is 1. The zero-order chi connectivity index (χ0) is 13.9. The molecule has 1 saturated carbocycles. The molecule has 2 unspecified atom stereocenters. The standard InChI is InChI=1S/C16H32N2O/c1-13(2)18-9-10-19-14(12-18)11-17-15-7-5-6-8-16(15,3)4/h13-15,17H,5-12H2,1-4H3. The third-order valence-electron chi connectivity index (χ3n) is 5.00. The maximum Gasteiger partial charge on any atom is 0.0826 e. The fraction of sp³-hybridized carbons (Fsp3) is 1.00. The van der Waals surface area contributed by atoms with Gasteiger partial charge in [-0.25, -0.2) is 0 Å². The first-order chi connectivity index (χ1) is 8.99. The Hall–Kier alpha value is -0.120. The Bertz CT molecular complexity index is 278. The van der Waals surface area contributed by atoms with Gasteiger partial charge in [0.05, 0.1) is 12.7 Å². The average Bonchev–Trinajstić information content (AvgIpc) is 2.37. The van der Waals surface area contributed by atoms with Crippen molar-refractivity contribution in [1.29, 1.82) is 0 Å². The lowest BCUT2D eigenvalue weighted by Crippen LogP contribution is -2.52. The average molecular weight is 268 g/mol. The number of hydrogen-bond acceptors (Lipinski definition) is 3. The highest BCUT2D eigenvalue weighted by Gasteiger charge is 2.32. The summed E-state index contributed by atoms with van der Waals surface area (Å²) < 4.78 is 5.91. The van der Waals surface area contributed by atoms with Gasteiger partial charge >= 0.3 is 0 Å². The van der Waals surface area contributed by atoms with Crippen molar-refractivity contribution < 1.29 is 4.74 Å². The lowest BCUT2D eigenvalue weighted by atomic mass is 9.73. The number of ether oxygens (including phenoxy) is 1. The minimum atomic E-state index is 0.369. The Balaban J connectivity index is 1.78. The highest BCUT2D eigenvalue weighted by molar-refractivity contribution is 4.89. The second-order valence-corrected chi connectivity index (χ2v) is 7.28. The number of nitrogens with zero attached hydrogens (tertiary/aromatic N) is 1. The van der Waals surface area contributed by atoms with Crippen LogP contribution in [-0.2, 0) is 4.74 Å². The molecular formula is C16H32N2O. The van der Waals surface area contributed by atoms with Crippen LogP contribution in [0, 0.1) is 5.41 Å². The van der Waals surface area contributed by atoms with E-state index in [-0.39, 0.29) is 0 Å². The van der Waals surface area contributed by atoms with Crippen LogP contribution in [0.3, 0.4) is 0 Å². The van der Waals surface area contributed by atoms with Crippen LogP contribution in [0.25, 0.3) is 0 Å². The van der Waals surface area contributed by atoms with Crippen molar-refractivity contribution in [3.05, 3.63) is 0 Å². The number of rotatable bonds is 4. The monoisotopic (exact) mass is 268 g/mol. The zero-order valence-electron chi connectivity index (χ0n) is 13.2. The maximum absolute atomic E-state index is 5.91. The Morgan fingerprint density at radius 3 is 2.79 bits per heavy atom. The third-order valence-corrected chi connectivity index (χ3v) is 5.00. The van der Waals surface area contributed by atoms with Crippen molar-refractivity contribution in [3.8, 4) is 0 Å². The molecule has 19 heavy (non-hydrogen) atoms. The minimum absolute atomic E-state index is 0.369. The molecule has 0 amide bonds. The van der Waals surface area contributed by atoms with Crippen LogP contribution in [0.4, 0.5) is 0 Å². The quantitative estimate of drug-likeness (QED) is 0.848. The fourth-order valence-electron chi connectivity index (χ4n) is 3.48. The summed E-state index contributed by atoms with van der Waals surface area (Å²) in [5, 5.41) is 3.79. The Labute approximate surface area is 119 Å². The first kappa shape index (κ1) is 15.3. The van der Waals surface area contributed by atoms with Crippen LogP contribution in [0.2, 0.25) is 0 Å². The van der Waals surface area contributed by atoms with E-state index in [1.165, 1.54) is 25.7 Å². The Kier molecular flexibility index (Phi) is 5.27. The van der Waals surface area contributed by atoms with E-state index in [4.69, 9.17) is 4.74 Å². The largest absolute Gasteiger partial charge is 0.374 e. The summed E-state index contributed by atoms with van der Waals surface area (Å²) in [5.74, 6) is 0.